The average molecular weight is 521 g/mol. The van der Waals surface area contributed by atoms with Gasteiger partial charge in [0.1, 0.15) is 17.2 Å². The highest BCUT2D eigenvalue weighted by atomic mass is 19.1. The van der Waals surface area contributed by atoms with Gasteiger partial charge in [0.25, 0.3) is 5.69 Å². The van der Waals surface area contributed by atoms with Crippen LogP contribution in [0.15, 0.2) is 60.7 Å². The molecule has 9 nitrogen and oxygen atoms in total. The molecule has 1 N–H and O–H groups in total. The van der Waals surface area contributed by atoms with Crippen molar-refractivity contribution in [3.05, 3.63) is 76.6 Å². The van der Waals surface area contributed by atoms with Crippen LogP contribution in [-0.2, 0) is 14.3 Å². The van der Waals surface area contributed by atoms with E-state index in [2.05, 4.69) is 0 Å². The number of rotatable bonds is 6. The maximum atomic E-state index is 14.0. The number of aliphatic hydroxyl groups is 1. The van der Waals surface area contributed by atoms with Gasteiger partial charge in [-0.1, -0.05) is 25.1 Å². The van der Waals surface area contributed by atoms with Gasteiger partial charge >= 0.3 is 0 Å². The molecule has 3 aliphatic heterocycles. The van der Waals surface area contributed by atoms with Crippen LogP contribution < -0.4 is 9.64 Å². The molecule has 0 radical (unpaired) electrons. The molecule has 3 fully saturated rings. The van der Waals surface area contributed by atoms with E-state index < -0.39 is 57.6 Å². The number of carbonyl (C=O) groups is 2. The quantitative estimate of drug-likeness (QED) is 0.296. The second kappa shape index (κ2) is 8.31. The number of halogens is 1. The molecule has 0 spiro atoms. The first-order chi connectivity index (χ1) is 18.1. The van der Waals surface area contributed by atoms with E-state index >= 15 is 0 Å². The van der Waals surface area contributed by atoms with Crippen LogP contribution in [0.5, 0.6) is 5.75 Å². The topological polar surface area (TPSA) is 119 Å². The lowest BCUT2D eigenvalue weighted by Gasteiger charge is -2.37. The van der Waals surface area contributed by atoms with Crippen LogP contribution in [0.4, 0.5) is 15.8 Å². The van der Waals surface area contributed by atoms with E-state index in [1.54, 1.807) is 31.2 Å². The van der Waals surface area contributed by atoms with Gasteiger partial charge in [-0.05, 0) is 43.3 Å². The summed E-state index contributed by atoms with van der Waals surface area (Å²) in [5.74, 6) is -3.14. The lowest BCUT2D eigenvalue weighted by Crippen LogP contribution is -2.52. The Labute approximate surface area is 216 Å². The highest BCUT2D eigenvalue weighted by Crippen LogP contribution is 2.63. The molecule has 3 aliphatic rings. The minimum atomic E-state index is -1.28. The summed E-state index contributed by atoms with van der Waals surface area (Å²) >= 11 is 0. The number of benzene rings is 3. The second-order valence-electron chi connectivity index (χ2n) is 10.5. The minimum Gasteiger partial charge on any atom is -0.493 e. The summed E-state index contributed by atoms with van der Waals surface area (Å²) in [7, 11) is 0. The van der Waals surface area contributed by atoms with Gasteiger partial charge in [-0.15, -0.1) is 0 Å². The van der Waals surface area contributed by atoms with Gasteiger partial charge in [0.2, 0.25) is 11.8 Å². The predicted octanol–water partition coefficient (Wildman–Crippen LogP) is 4.00. The van der Waals surface area contributed by atoms with Gasteiger partial charge in [0.05, 0.1) is 46.1 Å². The number of nitrogens with zero attached hydrogens (tertiary/aromatic N) is 2. The number of non-ortho nitro benzene ring substituents is 1. The largest absolute Gasteiger partial charge is 0.493 e. The molecule has 38 heavy (non-hydrogen) atoms. The summed E-state index contributed by atoms with van der Waals surface area (Å²) in [6, 6.07) is 14.8. The van der Waals surface area contributed by atoms with Gasteiger partial charge in [-0.25, -0.2) is 9.29 Å². The van der Waals surface area contributed by atoms with E-state index in [1.165, 1.54) is 36.4 Å². The number of fused-ring (bicyclic) bond motifs is 6. The fraction of sp³-hybridized carbons (Fsp3) is 0.357. The number of imide groups is 1. The van der Waals surface area contributed by atoms with Crippen LogP contribution in [0, 0.1) is 33.7 Å². The van der Waals surface area contributed by atoms with Gasteiger partial charge < -0.3 is 14.6 Å². The zero-order chi connectivity index (χ0) is 27.0. The van der Waals surface area contributed by atoms with Crippen LogP contribution in [0.25, 0.3) is 10.8 Å². The predicted molar refractivity (Wildman–Crippen MR) is 134 cm³/mol. The normalized spacial score (nSPS) is 30.6. The van der Waals surface area contributed by atoms with Gasteiger partial charge in [-0.2, -0.15) is 0 Å². The van der Waals surface area contributed by atoms with Crippen molar-refractivity contribution in [2.75, 3.05) is 11.5 Å². The summed E-state index contributed by atoms with van der Waals surface area (Å²) < 4.78 is 25.6. The van der Waals surface area contributed by atoms with Gasteiger partial charge in [-0.3, -0.25) is 19.7 Å². The highest BCUT2D eigenvalue weighted by molar-refractivity contribution is 6.26. The smallest absolute Gasteiger partial charge is 0.277 e. The monoisotopic (exact) mass is 520 g/mol. The maximum Gasteiger partial charge on any atom is 0.277 e. The molecule has 3 heterocycles. The van der Waals surface area contributed by atoms with Crippen molar-refractivity contribution in [3.63, 3.8) is 0 Å². The number of amides is 2. The highest BCUT2D eigenvalue weighted by Gasteiger charge is 2.78. The van der Waals surface area contributed by atoms with Crippen molar-refractivity contribution in [2.24, 2.45) is 17.8 Å². The number of nitro benzene ring substituents is 1. The number of anilines is 1. The fourth-order valence-corrected chi connectivity index (χ4v) is 6.58. The molecule has 0 saturated carbocycles. The SMILES string of the molecule is CC(COc1ccc(F)cc1)C12C[C@@H](O)C(C)(O1)[C@H]1C(=O)N(c3ccc([N+](=O)[O-])c4ccccc34)C(=O)[C@H]12. The molecular formula is C28H25FN2O7. The van der Waals surface area contributed by atoms with Crippen LogP contribution in [0.2, 0.25) is 0 Å². The first-order valence-corrected chi connectivity index (χ1v) is 12.4. The Bertz CT molecular complexity index is 1490. The maximum absolute atomic E-state index is 14.0. The first kappa shape index (κ1) is 24.4. The molecular weight excluding hydrogens is 495 g/mol. The molecule has 0 aromatic heterocycles. The summed E-state index contributed by atoms with van der Waals surface area (Å²) in [5.41, 5.74) is -2.32. The molecule has 196 valence electrons. The standard InChI is InChI=1S/C28H25FN2O7/c1-15(14-37-17-9-7-16(29)8-10-17)28-13-22(32)27(2,38-28)23-24(28)26(34)30(25(23)33)20-11-12-21(31(35)36)19-6-4-3-5-18(19)20/h3-12,15,22-24,32H,13-14H2,1-2H3/t15?,22-,23-,24+,27?,28?/m1/s1. The summed E-state index contributed by atoms with van der Waals surface area (Å²) in [4.78, 5) is 40.1. The van der Waals surface area contributed by atoms with E-state index in [-0.39, 0.29) is 24.4 Å². The molecule has 2 bridgehead atoms. The van der Waals surface area contributed by atoms with Crippen LogP contribution in [0.1, 0.15) is 20.3 Å². The molecule has 3 aromatic rings. The van der Waals surface area contributed by atoms with Crippen LogP contribution >= 0.6 is 0 Å². The second-order valence-corrected chi connectivity index (χ2v) is 10.5. The average Bonchev–Trinajstić information content (AvgIpc) is 3.44. The Hall–Kier alpha value is -3.89. The summed E-state index contributed by atoms with van der Waals surface area (Å²) in [5, 5.41) is 23.3. The zero-order valence-electron chi connectivity index (χ0n) is 20.7. The number of hydrogen-bond acceptors (Lipinski definition) is 7. The van der Waals surface area contributed by atoms with Crippen molar-refractivity contribution >= 4 is 34.0 Å². The molecule has 0 aliphatic carbocycles. The number of hydrogen-bond donors (Lipinski definition) is 1. The number of ether oxygens (including phenoxy) is 2. The van der Waals surface area contributed by atoms with Gasteiger partial charge in [0.15, 0.2) is 0 Å². The third-order valence-electron chi connectivity index (χ3n) is 8.50. The van der Waals surface area contributed by atoms with E-state index in [0.29, 0.717) is 16.5 Å². The third-order valence-corrected chi connectivity index (χ3v) is 8.50. The molecule has 3 saturated heterocycles. The Morgan fingerprint density at radius 2 is 1.76 bits per heavy atom. The molecule has 3 aromatic carbocycles. The van der Waals surface area contributed by atoms with Crippen molar-refractivity contribution in [1.29, 1.82) is 0 Å². The molecule has 6 rings (SSSR count). The molecule has 3 unspecified atom stereocenters. The van der Waals surface area contributed by atoms with Crippen LogP contribution in [0.3, 0.4) is 0 Å². The Morgan fingerprint density at radius 1 is 1.11 bits per heavy atom. The Balaban J connectivity index is 1.39. The number of aliphatic hydroxyl groups excluding tert-OH is 1. The first-order valence-electron chi connectivity index (χ1n) is 12.4. The van der Waals surface area contributed by atoms with E-state index in [0.717, 1.165) is 4.90 Å². The van der Waals surface area contributed by atoms with E-state index in [1.807, 2.05) is 6.92 Å². The minimum absolute atomic E-state index is 0.111. The van der Waals surface area contributed by atoms with Crippen molar-refractivity contribution in [3.8, 4) is 5.75 Å². The summed E-state index contributed by atoms with van der Waals surface area (Å²) in [6.45, 7) is 3.60. The number of carbonyl (C=O) groups excluding carboxylic acids is 2. The van der Waals surface area contributed by atoms with Crippen molar-refractivity contribution < 1.29 is 33.5 Å². The van der Waals surface area contributed by atoms with Crippen LogP contribution in [-0.4, -0.2) is 45.8 Å². The fourth-order valence-electron chi connectivity index (χ4n) is 6.58. The number of nitro groups is 1. The summed E-state index contributed by atoms with van der Waals surface area (Å²) in [6.07, 6.45) is -0.839. The third kappa shape index (κ3) is 3.23. The molecule has 2 amide bonds. The zero-order valence-corrected chi connectivity index (χ0v) is 20.7. The lowest BCUT2D eigenvalue weighted by atomic mass is 9.63. The Morgan fingerprint density at radius 3 is 2.45 bits per heavy atom. The van der Waals surface area contributed by atoms with E-state index in [4.69, 9.17) is 9.47 Å². The molecule has 6 atom stereocenters. The van der Waals surface area contributed by atoms with Crippen molar-refractivity contribution in [1.82, 2.24) is 0 Å². The lowest BCUT2D eigenvalue weighted by molar-refractivity contribution is -0.383. The van der Waals surface area contributed by atoms with Gasteiger partial charge in [0, 0.05) is 23.8 Å². The molecule has 10 heteroatoms. The Kier molecular flexibility index (Phi) is 5.34. The van der Waals surface area contributed by atoms with E-state index in [9.17, 15) is 29.2 Å². The van der Waals surface area contributed by atoms with Crippen molar-refractivity contribution in [2.45, 2.75) is 37.6 Å².